The molecule has 1 N–H and O–H groups in total. The highest BCUT2D eigenvalue weighted by Gasteiger charge is 2.11. The van der Waals surface area contributed by atoms with Gasteiger partial charge in [-0.2, -0.15) is 0 Å². The third-order valence-corrected chi connectivity index (χ3v) is 4.21. The fourth-order valence-electron chi connectivity index (χ4n) is 2.55. The third kappa shape index (κ3) is 6.08. The van der Waals surface area contributed by atoms with Gasteiger partial charge in [0.1, 0.15) is 12.4 Å². The normalized spacial score (nSPS) is 10.7. The predicted molar refractivity (Wildman–Crippen MR) is 105 cm³/mol. The van der Waals surface area contributed by atoms with Crippen LogP contribution < -0.4 is 10.1 Å². The molecule has 140 valence electrons. The number of nitrogens with one attached hydrogen (secondary N) is 1. The number of ether oxygens (including phenoxy) is 1. The molecule has 0 aliphatic rings. The Morgan fingerprint density at radius 1 is 1.00 bits per heavy atom. The molecule has 2 aromatic carbocycles. The molecular formula is C21H29N3O2. The molecule has 0 bridgehead atoms. The summed E-state index contributed by atoms with van der Waals surface area (Å²) in [6.07, 6.45) is 0. The summed E-state index contributed by atoms with van der Waals surface area (Å²) in [6.45, 7) is 4.54. The van der Waals surface area contributed by atoms with Gasteiger partial charge >= 0.3 is 6.03 Å². The van der Waals surface area contributed by atoms with Gasteiger partial charge in [0, 0.05) is 32.2 Å². The SMILES string of the molecule is Cc1ccccc1CN(C)C(=O)NCc1ccccc1OCCN(C)C. The van der Waals surface area contributed by atoms with Crippen molar-refractivity contribution in [2.75, 3.05) is 34.3 Å². The smallest absolute Gasteiger partial charge is 0.317 e. The molecule has 0 spiro atoms. The molecule has 0 unspecified atom stereocenters. The molecule has 0 saturated heterocycles. The summed E-state index contributed by atoms with van der Waals surface area (Å²) in [5.74, 6) is 0.816. The summed E-state index contributed by atoms with van der Waals surface area (Å²) >= 11 is 0. The molecule has 26 heavy (non-hydrogen) atoms. The molecule has 0 saturated carbocycles. The van der Waals surface area contributed by atoms with Crippen molar-refractivity contribution >= 4 is 6.03 Å². The van der Waals surface area contributed by atoms with Gasteiger partial charge in [-0.15, -0.1) is 0 Å². The third-order valence-electron chi connectivity index (χ3n) is 4.21. The minimum absolute atomic E-state index is 0.101. The second-order valence-corrected chi connectivity index (χ2v) is 6.70. The number of para-hydroxylation sites is 1. The Morgan fingerprint density at radius 3 is 2.35 bits per heavy atom. The minimum Gasteiger partial charge on any atom is -0.492 e. The summed E-state index contributed by atoms with van der Waals surface area (Å²) in [5, 5.41) is 2.97. The van der Waals surface area contributed by atoms with E-state index in [9.17, 15) is 4.79 Å². The molecule has 5 heteroatoms. The Hall–Kier alpha value is -2.53. The zero-order valence-electron chi connectivity index (χ0n) is 16.2. The zero-order chi connectivity index (χ0) is 18.9. The van der Waals surface area contributed by atoms with E-state index in [1.807, 2.05) is 56.6 Å². The minimum atomic E-state index is -0.101. The number of benzene rings is 2. The summed E-state index contributed by atoms with van der Waals surface area (Å²) < 4.78 is 5.85. The quantitative estimate of drug-likeness (QED) is 0.790. The Bertz CT molecular complexity index is 716. The molecule has 5 nitrogen and oxygen atoms in total. The van der Waals surface area contributed by atoms with Crippen LogP contribution in [0.4, 0.5) is 4.79 Å². The van der Waals surface area contributed by atoms with Gasteiger partial charge in [-0.25, -0.2) is 4.79 Å². The van der Waals surface area contributed by atoms with Crippen LogP contribution in [0.1, 0.15) is 16.7 Å². The van der Waals surface area contributed by atoms with Crippen molar-refractivity contribution in [1.29, 1.82) is 0 Å². The van der Waals surface area contributed by atoms with E-state index in [4.69, 9.17) is 4.74 Å². The molecule has 0 atom stereocenters. The lowest BCUT2D eigenvalue weighted by Gasteiger charge is -2.20. The van der Waals surface area contributed by atoms with Crippen LogP contribution in [0.3, 0.4) is 0 Å². The van der Waals surface area contributed by atoms with E-state index in [0.29, 0.717) is 19.7 Å². The summed E-state index contributed by atoms with van der Waals surface area (Å²) in [6, 6.07) is 15.8. The second kappa shape index (κ2) is 9.82. The van der Waals surface area contributed by atoms with Gasteiger partial charge in [0.2, 0.25) is 0 Å². The van der Waals surface area contributed by atoms with Gasteiger partial charge in [-0.1, -0.05) is 42.5 Å². The van der Waals surface area contributed by atoms with Crippen molar-refractivity contribution < 1.29 is 9.53 Å². The van der Waals surface area contributed by atoms with Crippen LogP contribution in [-0.4, -0.2) is 50.1 Å². The Morgan fingerprint density at radius 2 is 1.65 bits per heavy atom. The monoisotopic (exact) mass is 355 g/mol. The number of likely N-dealkylation sites (N-methyl/N-ethyl adjacent to an activating group) is 1. The second-order valence-electron chi connectivity index (χ2n) is 6.70. The van der Waals surface area contributed by atoms with Crippen LogP contribution >= 0.6 is 0 Å². The molecule has 0 radical (unpaired) electrons. The number of carbonyl (C=O) groups is 1. The molecule has 0 fully saturated rings. The van der Waals surface area contributed by atoms with Crippen molar-refractivity contribution in [2.45, 2.75) is 20.0 Å². The highest BCUT2D eigenvalue weighted by atomic mass is 16.5. The maximum atomic E-state index is 12.4. The summed E-state index contributed by atoms with van der Waals surface area (Å²) in [5.41, 5.74) is 3.31. The fraction of sp³-hybridized carbons (Fsp3) is 0.381. The molecule has 2 aromatic rings. The predicted octanol–water partition coefficient (Wildman–Crippen LogP) is 3.28. The van der Waals surface area contributed by atoms with Crippen molar-refractivity contribution in [3.63, 3.8) is 0 Å². The Balaban J connectivity index is 1.89. The van der Waals surface area contributed by atoms with Crippen molar-refractivity contribution in [3.05, 3.63) is 65.2 Å². The lowest BCUT2D eigenvalue weighted by atomic mass is 10.1. The topological polar surface area (TPSA) is 44.8 Å². The average Bonchev–Trinajstić information content (AvgIpc) is 2.62. The number of rotatable bonds is 8. The average molecular weight is 355 g/mol. The van der Waals surface area contributed by atoms with Gasteiger partial charge in [-0.3, -0.25) is 0 Å². The van der Waals surface area contributed by atoms with E-state index in [0.717, 1.165) is 23.4 Å². The molecule has 2 amide bonds. The fourth-order valence-corrected chi connectivity index (χ4v) is 2.55. The van der Waals surface area contributed by atoms with Crippen LogP contribution in [0.15, 0.2) is 48.5 Å². The van der Waals surface area contributed by atoms with Gasteiger partial charge in [0.25, 0.3) is 0 Å². The van der Waals surface area contributed by atoms with Gasteiger partial charge in [0.05, 0.1) is 0 Å². The van der Waals surface area contributed by atoms with E-state index in [-0.39, 0.29) is 6.03 Å². The number of carbonyl (C=O) groups excluding carboxylic acids is 1. The molecule has 0 aromatic heterocycles. The van der Waals surface area contributed by atoms with E-state index < -0.39 is 0 Å². The van der Waals surface area contributed by atoms with Gasteiger partial charge in [-0.05, 0) is 38.2 Å². The number of aryl methyl sites for hydroxylation is 1. The maximum absolute atomic E-state index is 12.4. The van der Waals surface area contributed by atoms with E-state index >= 15 is 0 Å². The number of amides is 2. The number of hydrogen-bond acceptors (Lipinski definition) is 3. The maximum Gasteiger partial charge on any atom is 0.317 e. The standard InChI is InChI=1S/C21H29N3O2/c1-17-9-5-6-11-19(17)16-24(4)21(25)22-15-18-10-7-8-12-20(18)26-14-13-23(2)3/h5-12H,13-16H2,1-4H3,(H,22,25). The molecule has 0 heterocycles. The highest BCUT2D eigenvalue weighted by molar-refractivity contribution is 5.74. The van der Waals surface area contributed by atoms with Crippen molar-refractivity contribution in [1.82, 2.24) is 15.1 Å². The van der Waals surface area contributed by atoms with E-state index in [1.165, 1.54) is 5.56 Å². The first-order valence-electron chi connectivity index (χ1n) is 8.86. The first-order valence-corrected chi connectivity index (χ1v) is 8.86. The van der Waals surface area contributed by atoms with Crippen molar-refractivity contribution in [3.8, 4) is 5.75 Å². The van der Waals surface area contributed by atoms with Crippen LogP contribution in [0.25, 0.3) is 0 Å². The molecule has 0 aliphatic heterocycles. The summed E-state index contributed by atoms with van der Waals surface area (Å²) in [7, 11) is 5.83. The largest absolute Gasteiger partial charge is 0.492 e. The lowest BCUT2D eigenvalue weighted by Crippen LogP contribution is -2.36. The van der Waals surface area contributed by atoms with Gasteiger partial charge < -0.3 is 19.9 Å². The van der Waals surface area contributed by atoms with Crippen molar-refractivity contribution in [2.24, 2.45) is 0 Å². The van der Waals surface area contributed by atoms with Crippen LogP contribution in [0, 0.1) is 6.92 Å². The number of nitrogens with zero attached hydrogens (tertiary/aromatic N) is 2. The number of urea groups is 1. The molecular weight excluding hydrogens is 326 g/mol. The number of hydrogen-bond donors (Lipinski definition) is 1. The van der Waals surface area contributed by atoms with Crippen LogP contribution in [-0.2, 0) is 13.1 Å². The molecule has 0 aliphatic carbocycles. The molecule has 2 rings (SSSR count). The van der Waals surface area contributed by atoms with E-state index in [1.54, 1.807) is 11.9 Å². The highest BCUT2D eigenvalue weighted by Crippen LogP contribution is 2.18. The lowest BCUT2D eigenvalue weighted by molar-refractivity contribution is 0.206. The Labute approximate surface area is 156 Å². The summed E-state index contributed by atoms with van der Waals surface area (Å²) in [4.78, 5) is 16.2. The van der Waals surface area contributed by atoms with Crippen LogP contribution in [0.2, 0.25) is 0 Å². The van der Waals surface area contributed by atoms with Crippen LogP contribution in [0.5, 0.6) is 5.75 Å². The van der Waals surface area contributed by atoms with Gasteiger partial charge in [0.15, 0.2) is 0 Å². The first-order chi connectivity index (χ1) is 12.5. The Kier molecular flexibility index (Phi) is 7.48. The zero-order valence-corrected chi connectivity index (χ0v) is 16.2. The first kappa shape index (κ1) is 19.8. The van der Waals surface area contributed by atoms with E-state index in [2.05, 4.69) is 23.2 Å².